The minimum absolute atomic E-state index is 0.00237. The number of pyridine rings is 1. The third-order valence-electron chi connectivity index (χ3n) is 6.22. The second kappa shape index (κ2) is 8.79. The molecule has 5 nitrogen and oxygen atoms in total. The lowest BCUT2D eigenvalue weighted by atomic mass is 9.88. The molecule has 3 heterocycles. The van der Waals surface area contributed by atoms with Crippen LogP contribution in [-0.4, -0.2) is 39.3 Å². The fraction of sp³-hybridized carbons (Fsp3) is 0.591. The number of hydrogen-bond donors (Lipinski definition) is 0. The van der Waals surface area contributed by atoms with E-state index in [4.69, 9.17) is 0 Å². The van der Waals surface area contributed by atoms with Crippen LogP contribution < -0.4 is 5.56 Å². The Hall–Kier alpha value is -2.01. The molecule has 5 heteroatoms. The molecule has 1 aliphatic heterocycles. The first kappa shape index (κ1) is 18.4. The van der Waals surface area contributed by atoms with Crippen LogP contribution in [-0.2, 0) is 6.54 Å². The Balaban J connectivity index is 1.34. The Morgan fingerprint density at radius 3 is 2.30 bits per heavy atom. The predicted molar refractivity (Wildman–Crippen MR) is 107 cm³/mol. The summed E-state index contributed by atoms with van der Waals surface area (Å²) in [4.78, 5) is 19.0. The number of piperidine rings is 1. The normalized spacial score (nSPS) is 20.0. The van der Waals surface area contributed by atoms with Gasteiger partial charge >= 0.3 is 0 Å². The molecule has 27 heavy (non-hydrogen) atoms. The van der Waals surface area contributed by atoms with E-state index in [2.05, 4.69) is 15.0 Å². The highest BCUT2D eigenvalue weighted by Crippen LogP contribution is 2.26. The molecule has 1 saturated heterocycles. The second-order valence-corrected chi connectivity index (χ2v) is 8.22. The first-order valence-electron chi connectivity index (χ1n) is 10.5. The van der Waals surface area contributed by atoms with E-state index in [1.807, 2.05) is 12.1 Å². The Bertz CT molecular complexity index is 774. The van der Waals surface area contributed by atoms with E-state index in [1.54, 1.807) is 29.2 Å². The van der Waals surface area contributed by atoms with E-state index in [0.29, 0.717) is 5.92 Å². The minimum atomic E-state index is -0.00237. The zero-order valence-electron chi connectivity index (χ0n) is 16.1. The van der Waals surface area contributed by atoms with E-state index in [0.717, 1.165) is 23.7 Å². The quantitative estimate of drug-likeness (QED) is 0.811. The lowest BCUT2D eigenvalue weighted by Gasteiger charge is -2.35. The molecule has 1 aliphatic carbocycles. The molecule has 4 rings (SSSR count). The minimum Gasteiger partial charge on any atom is -0.303 e. The molecule has 0 N–H and O–H groups in total. The van der Waals surface area contributed by atoms with Gasteiger partial charge in [-0.05, 0) is 68.8 Å². The van der Waals surface area contributed by atoms with Crippen molar-refractivity contribution in [2.45, 2.75) is 51.5 Å². The maximum Gasteiger partial charge on any atom is 0.266 e. The van der Waals surface area contributed by atoms with E-state index in [1.165, 1.54) is 64.6 Å². The molecular formula is C22H30N4O. The van der Waals surface area contributed by atoms with Crippen LogP contribution in [0.4, 0.5) is 0 Å². The highest BCUT2D eigenvalue weighted by atomic mass is 16.1. The molecule has 2 aliphatic rings. The zero-order chi connectivity index (χ0) is 18.5. The molecule has 1 saturated carbocycles. The molecule has 0 aromatic carbocycles. The van der Waals surface area contributed by atoms with Gasteiger partial charge in [-0.1, -0.05) is 19.3 Å². The maximum atomic E-state index is 12.3. The molecule has 2 fully saturated rings. The number of aromatic nitrogens is 3. The summed E-state index contributed by atoms with van der Waals surface area (Å²) in [5, 5.41) is 4.61. The van der Waals surface area contributed by atoms with Crippen molar-refractivity contribution in [3.63, 3.8) is 0 Å². The third-order valence-corrected chi connectivity index (χ3v) is 6.22. The SMILES string of the molecule is O=c1ccc(-c2ccncc2)nn1CC1CCN(CC2CCCCC2)CC1. The molecule has 0 bridgehead atoms. The lowest BCUT2D eigenvalue weighted by molar-refractivity contribution is 0.137. The summed E-state index contributed by atoms with van der Waals surface area (Å²) in [5.41, 5.74) is 1.84. The molecule has 0 atom stereocenters. The van der Waals surface area contributed by atoms with Crippen molar-refractivity contribution in [2.75, 3.05) is 19.6 Å². The van der Waals surface area contributed by atoms with E-state index < -0.39 is 0 Å². The van der Waals surface area contributed by atoms with Gasteiger partial charge in [0, 0.05) is 37.1 Å². The van der Waals surface area contributed by atoms with Gasteiger partial charge < -0.3 is 4.90 Å². The molecular weight excluding hydrogens is 336 g/mol. The maximum absolute atomic E-state index is 12.3. The monoisotopic (exact) mass is 366 g/mol. The first-order valence-corrected chi connectivity index (χ1v) is 10.5. The van der Waals surface area contributed by atoms with Gasteiger partial charge in [0.15, 0.2) is 0 Å². The standard InChI is InChI=1S/C22H30N4O/c27-22-7-6-21(20-8-12-23-13-9-20)24-26(22)17-19-10-14-25(15-11-19)16-18-4-2-1-3-5-18/h6-9,12-13,18-19H,1-5,10-11,14-17H2. The Labute approximate surface area is 161 Å². The van der Waals surface area contributed by atoms with Gasteiger partial charge in [-0.3, -0.25) is 9.78 Å². The largest absolute Gasteiger partial charge is 0.303 e. The van der Waals surface area contributed by atoms with Crippen molar-refractivity contribution in [3.8, 4) is 11.3 Å². The van der Waals surface area contributed by atoms with Gasteiger partial charge in [-0.25, -0.2) is 4.68 Å². The lowest BCUT2D eigenvalue weighted by Crippen LogP contribution is -2.39. The van der Waals surface area contributed by atoms with Crippen molar-refractivity contribution in [1.82, 2.24) is 19.7 Å². The van der Waals surface area contributed by atoms with Crippen LogP contribution in [0, 0.1) is 11.8 Å². The van der Waals surface area contributed by atoms with Crippen LogP contribution in [0.15, 0.2) is 41.5 Å². The molecule has 2 aromatic heterocycles. The van der Waals surface area contributed by atoms with Gasteiger partial charge in [-0.15, -0.1) is 0 Å². The van der Waals surface area contributed by atoms with Crippen LogP contribution in [0.3, 0.4) is 0 Å². The Kier molecular flexibility index (Phi) is 5.97. The van der Waals surface area contributed by atoms with Crippen LogP contribution in [0.1, 0.15) is 44.9 Å². The van der Waals surface area contributed by atoms with Crippen molar-refractivity contribution in [1.29, 1.82) is 0 Å². The van der Waals surface area contributed by atoms with E-state index in [9.17, 15) is 4.79 Å². The smallest absolute Gasteiger partial charge is 0.266 e. The third kappa shape index (κ3) is 4.83. The molecule has 0 radical (unpaired) electrons. The van der Waals surface area contributed by atoms with Gasteiger partial charge in [0.2, 0.25) is 0 Å². The fourth-order valence-corrected chi connectivity index (χ4v) is 4.59. The number of rotatable bonds is 5. The Morgan fingerprint density at radius 2 is 1.56 bits per heavy atom. The molecule has 0 spiro atoms. The van der Waals surface area contributed by atoms with Crippen molar-refractivity contribution in [2.24, 2.45) is 11.8 Å². The van der Waals surface area contributed by atoms with Crippen molar-refractivity contribution < 1.29 is 0 Å². The topological polar surface area (TPSA) is 51.0 Å². The number of likely N-dealkylation sites (tertiary alicyclic amines) is 1. The Morgan fingerprint density at radius 1 is 0.852 bits per heavy atom. The van der Waals surface area contributed by atoms with E-state index in [-0.39, 0.29) is 5.56 Å². The van der Waals surface area contributed by atoms with Gasteiger partial charge in [0.25, 0.3) is 5.56 Å². The van der Waals surface area contributed by atoms with Crippen molar-refractivity contribution in [3.05, 3.63) is 47.0 Å². The summed E-state index contributed by atoms with van der Waals surface area (Å²) in [6.07, 6.45) is 13.0. The molecule has 0 amide bonds. The summed E-state index contributed by atoms with van der Waals surface area (Å²) in [7, 11) is 0. The van der Waals surface area contributed by atoms with E-state index >= 15 is 0 Å². The van der Waals surface area contributed by atoms with Gasteiger partial charge in [0.05, 0.1) is 5.69 Å². The van der Waals surface area contributed by atoms with Crippen LogP contribution in [0.2, 0.25) is 0 Å². The van der Waals surface area contributed by atoms with Gasteiger partial charge in [0.1, 0.15) is 0 Å². The second-order valence-electron chi connectivity index (χ2n) is 8.22. The summed E-state index contributed by atoms with van der Waals surface area (Å²) >= 11 is 0. The average molecular weight is 367 g/mol. The summed E-state index contributed by atoms with van der Waals surface area (Å²) in [5.74, 6) is 1.46. The van der Waals surface area contributed by atoms with Crippen molar-refractivity contribution >= 4 is 0 Å². The van der Waals surface area contributed by atoms with Gasteiger partial charge in [-0.2, -0.15) is 5.10 Å². The number of nitrogens with zero attached hydrogens (tertiary/aromatic N) is 4. The summed E-state index contributed by atoms with van der Waals surface area (Å²) < 4.78 is 1.66. The highest BCUT2D eigenvalue weighted by molar-refractivity contribution is 5.56. The molecule has 2 aromatic rings. The fourth-order valence-electron chi connectivity index (χ4n) is 4.59. The van der Waals surface area contributed by atoms with Crippen LogP contribution in [0.5, 0.6) is 0 Å². The average Bonchev–Trinajstić information content (AvgIpc) is 2.72. The zero-order valence-corrected chi connectivity index (χ0v) is 16.1. The van der Waals surface area contributed by atoms with Crippen LogP contribution in [0.25, 0.3) is 11.3 Å². The predicted octanol–water partition coefficient (Wildman–Crippen LogP) is 3.60. The summed E-state index contributed by atoms with van der Waals surface area (Å²) in [6, 6.07) is 7.31. The number of hydrogen-bond acceptors (Lipinski definition) is 4. The summed E-state index contributed by atoms with van der Waals surface area (Å²) in [6.45, 7) is 4.34. The molecule has 0 unspecified atom stereocenters. The van der Waals surface area contributed by atoms with Crippen LogP contribution >= 0.6 is 0 Å². The molecule has 144 valence electrons. The highest BCUT2D eigenvalue weighted by Gasteiger charge is 2.23. The first-order chi connectivity index (χ1) is 13.3.